The molecule has 0 spiro atoms. The maximum Gasteiger partial charge on any atom is 0.0471 e. The number of nitrogens with zero attached hydrogens (tertiary/aromatic N) is 1. The predicted molar refractivity (Wildman–Crippen MR) is 84.9 cm³/mol. The molecule has 0 bridgehead atoms. The van der Waals surface area contributed by atoms with Crippen LogP contribution in [-0.4, -0.2) is 49.3 Å². The molecule has 0 aromatic heterocycles. The summed E-state index contributed by atoms with van der Waals surface area (Å²) in [6, 6.07) is 0. The van der Waals surface area contributed by atoms with Crippen molar-refractivity contribution in [2.24, 2.45) is 11.3 Å². The Kier molecular flexibility index (Phi) is 6.79. The van der Waals surface area contributed by atoms with Gasteiger partial charge in [-0.05, 0) is 50.1 Å². The molecular weight excluding hydrogens is 248 g/mol. The molecule has 1 saturated carbocycles. The summed E-state index contributed by atoms with van der Waals surface area (Å²) in [5, 5.41) is 13.0. The number of rotatable bonds is 7. The highest BCUT2D eigenvalue weighted by Gasteiger charge is 2.34. The molecule has 2 aliphatic rings. The molecule has 0 amide bonds. The van der Waals surface area contributed by atoms with Crippen molar-refractivity contribution < 1.29 is 5.11 Å². The van der Waals surface area contributed by atoms with E-state index in [1.807, 2.05) is 0 Å². The molecule has 1 saturated heterocycles. The number of nitrogens with one attached hydrogen (secondary N) is 1. The smallest absolute Gasteiger partial charge is 0.0471 e. The first-order valence-corrected chi connectivity index (χ1v) is 8.82. The zero-order chi connectivity index (χ0) is 14.3. The van der Waals surface area contributed by atoms with E-state index in [0.717, 1.165) is 13.1 Å². The van der Waals surface area contributed by atoms with E-state index >= 15 is 0 Å². The monoisotopic (exact) mass is 282 g/mol. The fourth-order valence-electron chi connectivity index (χ4n) is 4.08. The van der Waals surface area contributed by atoms with Crippen LogP contribution in [0, 0.1) is 11.3 Å². The minimum absolute atomic E-state index is 0.373. The number of likely N-dealkylation sites (tertiary alicyclic amines) is 1. The zero-order valence-electron chi connectivity index (χ0n) is 13.4. The quantitative estimate of drug-likeness (QED) is 0.556. The van der Waals surface area contributed by atoms with Crippen molar-refractivity contribution >= 4 is 0 Å². The Morgan fingerprint density at radius 2 is 1.95 bits per heavy atom. The first-order chi connectivity index (χ1) is 9.78. The van der Waals surface area contributed by atoms with Crippen molar-refractivity contribution in [3.8, 4) is 0 Å². The summed E-state index contributed by atoms with van der Waals surface area (Å²) in [6.45, 7) is 8.53. The second-order valence-corrected chi connectivity index (χ2v) is 7.16. The lowest BCUT2D eigenvalue weighted by molar-refractivity contribution is 0.137. The average Bonchev–Trinajstić information content (AvgIpc) is 2.78. The van der Waals surface area contributed by atoms with Crippen LogP contribution in [-0.2, 0) is 0 Å². The summed E-state index contributed by atoms with van der Waals surface area (Å²) in [6.07, 6.45) is 10.9. The second kappa shape index (κ2) is 8.35. The van der Waals surface area contributed by atoms with Crippen molar-refractivity contribution in [2.45, 2.75) is 58.3 Å². The van der Waals surface area contributed by atoms with Crippen LogP contribution < -0.4 is 5.32 Å². The molecule has 2 rings (SSSR count). The van der Waals surface area contributed by atoms with Crippen LogP contribution in [0.2, 0.25) is 0 Å². The van der Waals surface area contributed by atoms with Crippen molar-refractivity contribution in [3.05, 3.63) is 0 Å². The van der Waals surface area contributed by atoms with E-state index in [1.165, 1.54) is 71.0 Å². The Labute approximate surface area is 125 Å². The standard InChI is InChI=1S/C17H34N2O/c1-2-10-18-14-17(8-5-3-4-6-9-17)15-19-11-7-16(12-19)13-20/h16,18,20H,2-15H2,1H3. The van der Waals surface area contributed by atoms with Gasteiger partial charge in [0.15, 0.2) is 0 Å². The van der Waals surface area contributed by atoms with Gasteiger partial charge >= 0.3 is 0 Å². The fourth-order valence-corrected chi connectivity index (χ4v) is 4.08. The van der Waals surface area contributed by atoms with E-state index in [4.69, 9.17) is 0 Å². The molecule has 1 aliphatic carbocycles. The number of hydrogen-bond donors (Lipinski definition) is 2. The molecule has 1 unspecified atom stereocenters. The molecule has 0 aromatic rings. The predicted octanol–water partition coefficient (Wildman–Crippen LogP) is 2.64. The fraction of sp³-hybridized carbons (Fsp3) is 1.00. The highest BCUT2D eigenvalue weighted by Crippen LogP contribution is 2.36. The van der Waals surface area contributed by atoms with E-state index in [-0.39, 0.29) is 0 Å². The van der Waals surface area contributed by atoms with Gasteiger partial charge in [-0.1, -0.05) is 32.6 Å². The van der Waals surface area contributed by atoms with E-state index in [0.29, 0.717) is 17.9 Å². The van der Waals surface area contributed by atoms with Crippen LogP contribution in [0.4, 0.5) is 0 Å². The molecule has 1 aliphatic heterocycles. The lowest BCUT2D eigenvalue weighted by Gasteiger charge is -2.37. The maximum atomic E-state index is 9.33. The Balaban J connectivity index is 1.90. The Morgan fingerprint density at radius 3 is 2.55 bits per heavy atom. The normalized spacial score (nSPS) is 27.6. The molecule has 2 fully saturated rings. The van der Waals surface area contributed by atoms with E-state index in [9.17, 15) is 5.11 Å². The van der Waals surface area contributed by atoms with Crippen LogP contribution in [0.5, 0.6) is 0 Å². The van der Waals surface area contributed by atoms with Crippen LogP contribution in [0.3, 0.4) is 0 Å². The minimum atomic E-state index is 0.373. The third-order valence-electron chi connectivity index (χ3n) is 5.28. The van der Waals surface area contributed by atoms with E-state index in [2.05, 4.69) is 17.1 Å². The summed E-state index contributed by atoms with van der Waals surface area (Å²) in [5.74, 6) is 0.529. The van der Waals surface area contributed by atoms with Gasteiger partial charge in [-0.25, -0.2) is 0 Å². The van der Waals surface area contributed by atoms with Gasteiger partial charge in [0, 0.05) is 26.2 Å². The van der Waals surface area contributed by atoms with Gasteiger partial charge in [0.2, 0.25) is 0 Å². The SMILES string of the molecule is CCCNCC1(CN2CCC(CO)C2)CCCCCC1. The lowest BCUT2D eigenvalue weighted by Crippen LogP contribution is -2.43. The molecule has 1 heterocycles. The number of aliphatic hydroxyl groups is 1. The first kappa shape index (κ1) is 16.3. The van der Waals surface area contributed by atoms with Crippen LogP contribution in [0.1, 0.15) is 58.3 Å². The molecule has 20 heavy (non-hydrogen) atoms. The Bertz CT molecular complexity index is 262. The third kappa shape index (κ3) is 4.71. The van der Waals surface area contributed by atoms with E-state index in [1.54, 1.807) is 0 Å². The average molecular weight is 282 g/mol. The van der Waals surface area contributed by atoms with Gasteiger partial charge in [-0.15, -0.1) is 0 Å². The molecule has 2 N–H and O–H groups in total. The van der Waals surface area contributed by atoms with Crippen molar-refractivity contribution in [1.82, 2.24) is 10.2 Å². The molecule has 0 radical (unpaired) electrons. The Hall–Kier alpha value is -0.120. The largest absolute Gasteiger partial charge is 0.396 e. The van der Waals surface area contributed by atoms with Gasteiger partial charge in [0.25, 0.3) is 0 Å². The zero-order valence-corrected chi connectivity index (χ0v) is 13.4. The van der Waals surface area contributed by atoms with Crippen LogP contribution in [0.15, 0.2) is 0 Å². The summed E-state index contributed by atoms with van der Waals surface area (Å²) in [4.78, 5) is 2.62. The summed E-state index contributed by atoms with van der Waals surface area (Å²) >= 11 is 0. The molecule has 1 atom stereocenters. The highest BCUT2D eigenvalue weighted by atomic mass is 16.3. The summed E-state index contributed by atoms with van der Waals surface area (Å²) < 4.78 is 0. The van der Waals surface area contributed by atoms with Crippen molar-refractivity contribution in [1.29, 1.82) is 0 Å². The molecular formula is C17H34N2O. The minimum Gasteiger partial charge on any atom is -0.396 e. The topological polar surface area (TPSA) is 35.5 Å². The molecule has 3 heteroatoms. The van der Waals surface area contributed by atoms with Gasteiger partial charge in [0.05, 0.1) is 0 Å². The number of aliphatic hydroxyl groups excluding tert-OH is 1. The maximum absolute atomic E-state index is 9.33. The van der Waals surface area contributed by atoms with Gasteiger partial charge in [-0.3, -0.25) is 0 Å². The van der Waals surface area contributed by atoms with Gasteiger partial charge < -0.3 is 15.3 Å². The van der Waals surface area contributed by atoms with Gasteiger partial charge in [0.1, 0.15) is 0 Å². The van der Waals surface area contributed by atoms with Gasteiger partial charge in [-0.2, -0.15) is 0 Å². The summed E-state index contributed by atoms with van der Waals surface area (Å²) in [5.41, 5.74) is 0.496. The van der Waals surface area contributed by atoms with Crippen LogP contribution in [0.25, 0.3) is 0 Å². The van der Waals surface area contributed by atoms with Crippen LogP contribution >= 0.6 is 0 Å². The second-order valence-electron chi connectivity index (χ2n) is 7.16. The Morgan fingerprint density at radius 1 is 1.20 bits per heavy atom. The van der Waals surface area contributed by atoms with Crippen molar-refractivity contribution in [2.75, 3.05) is 39.3 Å². The highest BCUT2D eigenvalue weighted by molar-refractivity contribution is 4.89. The number of hydrogen-bond acceptors (Lipinski definition) is 3. The molecule has 3 nitrogen and oxygen atoms in total. The lowest BCUT2D eigenvalue weighted by atomic mass is 9.79. The molecule has 0 aromatic carbocycles. The molecule has 118 valence electrons. The van der Waals surface area contributed by atoms with E-state index < -0.39 is 0 Å². The first-order valence-electron chi connectivity index (χ1n) is 8.82. The third-order valence-corrected chi connectivity index (χ3v) is 5.28. The van der Waals surface area contributed by atoms with Crippen molar-refractivity contribution in [3.63, 3.8) is 0 Å². The summed E-state index contributed by atoms with van der Waals surface area (Å²) in [7, 11) is 0.